The van der Waals surface area contributed by atoms with Crippen LogP contribution in [-0.4, -0.2) is 24.5 Å². The van der Waals surface area contributed by atoms with Crippen LogP contribution in [-0.2, 0) is 12.8 Å². The van der Waals surface area contributed by atoms with E-state index in [-0.39, 0.29) is 0 Å². The molecule has 24 heavy (non-hydrogen) atoms. The number of allylic oxidation sites excluding steroid dienone is 2. The standard InChI is InChI=1S/C23H27N/c1-18-15-20-12-14-24(13-11-19-7-3-2-4-8-19)17-22(20)16-21-9-5-6-10-23(18)21/h2-10,15,20,22H,11-14,16-17H2,1H3/t20-,22+/m0/s1. The van der Waals surface area contributed by atoms with Gasteiger partial charge in [0, 0.05) is 13.1 Å². The van der Waals surface area contributed by atoms with Crippen molar-refractivity contribution in [1.29, 1.82) is 0 Å². The highest BCUT2D eigenvalue weighted by Gasteiger charge is 2.30. The second-order valence-electron chi connectivity index (χ2n) is 7.46. The first-order chi connectivity index (χ1) is 11.8. The molecular weight excluding hydrogens is 290 g/mol. The minimum atomic E-state index is 0.755. The molecule has 1 fully saturated rings. The van der Waals surface area contributed by atoms with Crippen LogP contribution >= 0.6 is 0 Å². The molecule has 0 bridgehead atoms. The number of hydrogen-bond donors (Lipinski definition) is 0. The number of likely N-dealkylation sites (tertiary alicyclic amines) is 1. The highest BCUT2D eigenvalue weighted by Crippen LogP contribution is 2.35. The Hall–Kier alpha value is -1.86. The van der Waals surface area contributed by atoms with E-state index in [1.807, 2.05) is 0 Å². The zero-order chi connectivity index (χ0) is 16.4. The average molecular weight is 317 g/mol. The fourth-order valence-electron chi connectivity index (χ4n) is 4.47. The van der Waals surface area contributed by atoms with Crippen LogP contribution in [0.4, 0.5) is 0 Å². The van der Waals surface area contributed by atoms with Crippen LogP contribution in [0.5, 0.6) is 0 Å². The average Bonchev–Trinajstić information content (AvgIpc) is 2.76. The van der Waals surface area contributed by atoms with E-state index in [1.165, 1.54) is 55.6 Å². The van der Waals surface area contributed by atoms with Crippen molar-refractivity contribution in [3.63, 3.8) is 0 Å². The number of hydrogen-bond acceptors (Lipinski definition) is 1. The molecule has 1 aliphatic heterocycles. The lowest BCUT2D eigenvalue weighted by molar-refractivity contribution is 0.143. The molecule has 0 unspecified atom stereocenters. The van der Waals surface area contributed by atoms with Crippen molar-refractivity contribution in [1.82, 2.24) is 4.90 Å². The molecule has 0 aromatic heterocycles. The van der Waals surface area contributed by atoms with Crippen molar-refractivity contribution < 1.29 is 0 Å². The van der Waals surface area contributed by atoms with Gasteiger partial charge in [-0.3, -0.25) is 0 Å². The molecule has 0 spiro atoms. The van der Waals surface area contributed by atoms with Gasteiger partial charge in [-0.25, -0.2) is 0 Å². The highest BCUT2D eigenvalue weighted by atomic mass is 15.1. The summed E-state index contributed by atoms with van der Waals surface area (Å²) in [4.78, 5) is 2.69. The maximum absolute atomic E-state index is 2.69. The molecule has 0 radical (unpaired) electrons. The van der Waals surface area contributed by atoms with E-state index in [0.717, 1.165) is 11.8 Å². The summed E-state index contributed by atoms with van der Waals surface area (Å²) >= 11 is 0. The van der Waals surface area contributed by atoms with Gasteiger partial charge in [-0.2, -0.15) is 0 Å². The van der Waals surface area contributed by atoms with Gasteiger partial charge in [0.1, 0.15) is 0 Å². The third-order valence-corrected chi connectivity index (χ3v) is 5.82. The molecule has 1 nitrogen and oxygen atoms in total. The Morgan fingerprint density at radius 1 is 1.00 bits per heavy atom. The lowest BCUT2D eigenvalue weighted by atomic mass is 9.82. The molecular formula is C23H27N. The van der Waals surface area contributed by atoms with Crippen LogP contribution in [0, 0.1) is 11.8 Å². The van der Waals surface area contributed by atoms with E-state index in [4.69, 9.17) is 0 Å². The Balaban J connectivity index is 1.45. The Morgan fingerprint density at radius 2 is 1.79 bits per heavy atom. The van der Waals surface area contributed by atoms with Gasteiger partial charge < -0.3 is 4.90 Å². The van der Waals surface area contributed by atoms with Crippen molar-refractivity contribution in [2.24, 2.45) is 11.8 Å². The van der Waals surface area contributed by atoms with E-state index in [9.17, 15) is 0 Å². The van der Waals surface area contributed by atoms with Crippen molar-refractivity contribution in [3.05, 3.63) is 77.4 Å². The molecule has 0 saturated carbocycles. The molecule has 0 amide bonds. The minimum absolute atomic E-state index is 0.755. The van der Waals surface area contributed by atoms with Gasteiger partial charge in [0.25, 0.3) is 0 Å². The topological polar surface area (TPSA) is 3.24 Å². The number of rotatable bonds is 3. The smallest absolute Gasteiger partial charge is 0.00219 e. The second kappa shape index (κ2) is 6.94. The van der Waals surface area contributed by atoms with Crippen molar-refractivity contribution in [2.45, 2.75) is 26.2 Å². The van der Waals surface area contributed by atoms with E-state index < -0.39 is 0 Å². The van der Waals surface area contributed by atoms with Crippen molar-refractivity contribution in [2.75, 3.05) is 19.6 Å². The molecule has 2 aliphatic rings. The van der Waals surface area contributed by atoms with E-state index >= 15 is 0 Å². The summed E-state index contributed by atoms with van der Waals surface area (Å²) < 4.78 is 0. The van der Waals surface area contributed by atoms with E-state index in [2.05, 4.69) is 72.5 Å². The summed E-state index contributed by atoms with van der Waals surface area (Å²) in [5.41, 5.74) is 5.96. The Labute approximate surface area is 146 Å². The molecule has 2 aromatic carbocycles. The predicted octanol–water partition coefficient (Wildman–Crippen LogP) is 4.83. The summed E-state index contributed by atoms with van der Waals surface area (Å²) in [6.45, 7) is 5.98. The van der Waals surface area contributed by atoms with Crippen LogP contribution in [0.25, 0.3) is 5.57 Å². The second-order valence-corrected chi connectivity index (χ2v) is 7.46. The monoisotopic (exact) mass is 317 g/mol. The van der Waals surface area contributed by atoms with Gasteiger partial charge in [-0.15, -0.1) is 0 Å². The normalized spacial score (nSPS) is 23.8. The summed E-state index contributed by atoms with van der Waals surface area (Å²) in [7, 11) is 0. The van der Waals surface area contributed by atoms with E-state index in [0.29, 0.717) is 0 Å². The third kappa shape index (κ3) is 3.32. The maximum Gasteiger partial charge on any atom is 0.00219 e. The number of piperidine rings is 1. The fourth-order valence-corrected chi connectivity index (χ4v) is 4.47. The molecule has 2 atom stereocenters. The minimum Gasteiger partial charge on any atom is -0.303 e. The summed E-state index contributed by atoms with van der Waals surface area (Å²) in [5.74, 6) is 1.53. The molecule has 1 aliphatic carbocycles. The van der Waals surface area contributed by atoms with Crippen molar-refractivity contribution in [3.8, 4) is 0 Å². The summed E-state index contributed by atoms with van der Waals surface area (Å²) in [6, 6.07) is 19.9. The van der Waals surface area contributed by atoms with Gasteiger partial charge in [0.05, 0.1) is 0 Å². The highest BCUT2D eigenvalue weighted by molar-refractivity contribution is 5.67. The van der Waals surface area contributed by atoms with Gasteiger partial charge in [0.15, 0.2) is 0 Å². The van der Waals surface area contributed by atoms with Crippen molar-refractivity contribution >= 4 is 5.57 Å². The van der Waals surface area contributed by atoms with Gasteiger partial charge >= 0.3 is 0 Å². The zero-order valence-electron chi connectivity index (χ0n) is 14.6. The first-order valence-corrected chi connectivity index (χ1v) is 9.32. The van der Waals surface area contributed by atoms with Crippen LogP contribution in [0.15, 0.2) is 60.7 Å². The lowest BCUT2D eigenvalue weighted by Gasteiger charge is -2.37. The Bertz CT molecular complexity index is 716. The molecule has 124 valence electrons. The van der Waals surface area contributed by atoms with Gasteiger partial charge in [-0.1, -0.05) is 60.7 Å². The summed E-state index contributed by atoms with van der Waals surface area (Å²) in [6.07, 6.45) is 6.27. The fraction of sp³-hybridized carbons (Fsp3) is 0.391. The van der Waals surface area contributed by atoms with Gasteiger partial charge in [-0.05, 0) is 66.8 Å². The first-order valence-electron chi connectivity index (χ1n) is 9.32. The maximum atomic E-state index is 2.69. The number of benzene rings is 2. The quantitative estimate of drug-likeness (QED) is 0.784. The Kier molecular flexibility index (Phi) is 4.53. The molecule has 1 saturated heterocycles. The Morgan fingerprint density at radius 3 is 2.67 bits per heavy atom. The first kappa shape index (κ1) is 15.7. The zero-order valence-corrected chi connectivity index (χ0v) is 14.6. The number of nitrogens with zero attached hydrogens (tertiary/aromatic N) is 1. The molecule has 4 rings (SSSR count). The van der Waals surface area contributed by atoms with E-state index in [1.54, 1.807) is 5.56 Å². The molecule has 1 heterocycles. The predicted molar refractivity (Wildman–Crippen MR) is 102 cm³/mol. The number of fused-ring (bicyclic) bond motifs is 2. The molecule has 0 N–H and O–H groups in total. The molecule has 2 aromatic rings. The van der Waals surface area contributed by atoms with Crippen LogP contribution in [0.3, 0.4) is 0 Å². The lowest BCUT2D eigenvalue weighted by Crippen LogP contribution is -2.41. The summed E-state index contributed by atoms with van der Waals surface area (Å²) in [5, 5.41) is 0. The van der Waals surface area contributed by atoms with Crippen LogP contribution in [0.1, 0.15) is 30.0 Å². The van der Waals surface area contributed by atoms with Crippen LogP contribution < -0.4 is 0 Å². The SMILES string of the molecule is CC1=C[C@@H]2CCN(CCc3ccccc3)C[C@H]2Cc2ccccc21. The van der Waals surface area contributed by atoms with Crippen LogP contribution in [0.2, 0.25) is 0 Å². The molecule has 1 heteroatoms. The third-order valence-electron chi connectivity index (χ3n) is 5.82. The van der Waals surface area contributed by atoms with Gasteiger partial charge in [0.2, 0.25) is 0 Å². The largest absolute Gasteiger partial charge is 0.303 e.